The van der Waals surface area contributed by atoms with Crippen LogP contribution in [0.5, 0.6) is 0 Å². The van der Waals surface area contributed by atoms with E-state index in [1.54, 1.807) is 22.7 Å². The van der Waals surface area contributed by atoms with Crippen molar-refractivity contribution in [2.45, 2.75) is 25.8 Å². The van der Waals surface area contributed by atoms with Gasteiger partial charge in [-0.15, -0.1) is 0 Å². The number of rotatable bonds is 5. The van der Waals surface area contributed by atoms with E-state index < -0.39 is 10.0 Å². The number of likely N-dealkylation sites (tertiary alicyclic amines) is 1. The molecule has 0 radical (unpaired) electrons. The van der Waals surface area contributed by atoms with Gasteiger partial charge in [-0.25, -0.2) is 8.42 Å². The second kappa shape index (κ2) is 8.42. The molecule has 0 atom stereocenters. The number of hydrogen-bond acceptors (Lipinski definition) is 5. The van der Waals surface area contributed by atoms with Crippen molar-refractivity contribution < 1.29 is 18.0 Å². The summed E-state index contributed by atoms with van der Waals surface area (Å²) >= 11 is 6.02. The van der Waals surface area contributed by atoms with Crippen molar-refractivity contribution in [3.63, 3.8) is 0 Å². The van der Waals surface area contributed by atoms with Crippen LogP contribution in [0.25, 0.3) is 0 Å². The predicted octanol–water partition coefficient (Wildman–Crippen LogP) is 2.34. The van der Waals surface area contributed by atoms with Crippen molar-refractivity contribution >= 4 is 44.8 Å². The van der Waals surface area contributed by atoms with E-state index in [1.165, 1.54) is 24.4 Å². The highest BCUT2D eigenvalue weighted by Crippen LogP contribution is 2.25. The largest absolute Gasteiger partial charge is 0.343 e. The van der Waals surface area contributed by atoms with Crippen molar-refractivity contribution in [1.29, 1.82) is 0 Å². The summed E-state index contributed by atoms with van der Waals surface area (Å²) in [7, 11) is -3.47. The van der Waals surface area contributed by atoms with Gasteiger partial charge < -0.3 is 10.2 Å². The van der Waals surface area contributed by atoms with Gasteiger partial charge >= 0.3 is 0 Å². The highest BCUT2D eigenvalue weighted by Gasteiger charge is 2.23. The molecule has 0 bridgehead atoms. The number of anilines is 2. The van der Waals surface area contributed by atoms with E-state index in [4.69, 9.17) is 11.6 Å². The first-order chi connectivity index (χ1) is 13.6. The number of piperidine rings is 1. The van der Waals surface area contributed by atoms with Crippen LogP contribution in [0.1, 0.15) is 36.2 Å². The van der Waals surface area contributed by atoms with Gasteiger partial charge in [0.25, 0.3) is 5.91 Å². The van der Waals surface area contributed by atoms with Crippen LogP contribution >= 0.6 is 11.6 Å². The minimum atomic E-state index is -3.47. The minimum Gasteiger partial charge on any atom is -0.343 e. The Morgan fingerprint density at radius 2 is 1.83 bits per heavy atom. The predicted molar refractivity (Wildman–Crippen MR) is 111 cm³/mol. The molecule has 1 aliphatic heterocycles. The van der Waals surface area contributed by atoms with Crippen molar-refractivity contribution in [1.82, 2.24) is 14.7 Å². The molecule has 1 fully saturated rings. The number of halogens is 1. The molecule has 9 nitrogen and oxygen atoms in total. The van der Waals surface area contributed by atoms with Crippen LogP contribution in [-0.4, -0.2) is 54.3 Å². The summed E-state index contributed by atoms with van der Waals surface area (Å²) in [6.45, 7) is 2.89. The number of carbonyl (C=O) groups is 2. The Kier molecular flexibility index (Phi) is 6.13. The highest BCUT2D eigenvalue weighted by atomic mass is 35.5. The lowest BCUT2D eigenvalue weighted by Gasteiger charge is -2.31. The fourth-order valence-electron chi connectivity index (χ4n) is 3.24. The summed E-state index contributed by atoms with van der Waals surface area (Å²) in [6.07, 6.45) is 5.73. The van der Waals surface area contributed by atoms with Gasteiger partial charge in [-0.05, 0) is 31.0 Å². The molecule has 156 valence electrons. The van der Waals surface area contributed by atoms with Crippen LogP contribution in [0, 0.1) is 0 Å². The van der Waals surface area contributed by atoms with E-state index in [2.05, 4.69) is 15.1 Å². The Morgan fingerprint density at radius 1 is 1.17 bits per heavy atom. The molecular formula is C18H22ClN5O4S. The van der Waals surface area contributed by atoms with Crippen molar-refractivity contribution in [3.05, 3.63) is 41.2 Å². The number of aromatic nitrogens is 2. The van der Waals surface area contributed by atoms with Gasteiger partial charge in [-0.1, -0.05) is 11.6 Å². The molecule has 2 aromatic rings. The van der Waals surface area contributed by atoms with Crippen LogP contribution in [-0.2, 0) is 14.8 Å². The lowest BCUT2D eigenvalue weighted by Crippen LogP contribution is -2.37. The number of benzene rings is 1. The average Bonchev–Trinajstić information content (AvgIpc) is 3.10. The molecule has 11 heteroatoms. The maximum Gasteiger partial charge on any atom is 0.258 e. The molecule has 2 amide bonds. The SMILES string of the molecule is CC(=O)N1CCC(n2cc(C(=O)Nc3cc(Cl)cc(NS(C)(=O)=O)c3)cn2)CC1. The molecular weight excluding hydrogens is 418 g/mol. The molecule has 0 saturated carbocycles. The summed E-state index contributed by atoms with van der Waals surface area (Å²) in [6, 6.07) is 4.58. The molecule has 0 spiro atoms. The first-order valence-electron chi connectivity index (χ1n) is 9.00. The van der Waals surface area contributed by atoms with Crippen LogP contribution in [0.15, 0.2) is 30.6 Å². The fourth-order valence-corrected chi connectivity index (χ4v) is 4.02. The first kappa shape index (κ1) is 21.1. The third-order valence-corrected chi connectivity index (χ3v) is 5.43. The van der Waals surface area contributed by atoms with Crippen LogP contribution in [0.2, 0.25) is 5.02 Å². The zero-order valence-corrected chi connectivity index (χ0v) is 17.6. The standard InChI is InChI=1S/C18H22ClN5O4S/c1-12(25)23-5-3-17(4-6-23)24-11-13(10-20-24)18(26)21-15-7-14(19)8-16(9-15)22-29(2,27)28/h7-11,17,22H,3-6H2,1-2H3,(H,21,26). The van der Waals surface area contributed by atoms with Gasteiger partial charge in [0, 0.05) is 36.9 Å². The topological polar surface area (TPSA) is 113 Å². The maximum absolute atomic E-state index is 12.6. The normalized spacial score (nSPS) is 15.2. The Morgan fingerprint density at radius 3 is 2.45 bits per heavy atom. The summed E-state index contributed by atoms with van der Waals surface area (Å²) in [5, 5.41) is 7.27. The Bertz CT molecular complexity index is 1030. The third-order valence-electron chi connectivity index (χ3n) is 4.61. The monoisotopic (exact) mass is 439 g/mol. The fraction of sp³-hybridized carbons (Fsp3) is 0.389. The van der Waals surface area contributed by atoms with Crippen molar-refractivity contribution in [2.75, 3.05) is 29.4 Å². The molecule has 0 aliphatic carbocycles. The third kappa shape index (κ3) is 5.70. The van der Waals surface area contributed by atoms with Gasteiger partial charge in [0.15, 0.2) is 0 Å². The molecule has 2 heterocycles. The number of sulfonamides is 1. The van der Waals surface area contributed by atoms with Crippen LogP contribution in [0.4, 0.5) is 11.4 Å². The Labute approximate surface area is 174 Å². The van der Waals surface area contributed by atoms with Crippen LogP contribution < -0.4 is 10.0 Å². The van der Waals surface area contributed by atoms with E-state index in [0.717, 1.165) is 19.1 Å². The lowest BCUT2D eigenvalue weighted by molar-refractivity contribution is -0.130. The summed E-state index contributed by atoms with van der Waals surface area (Å²) in [5.41, 5.74) is 0.982. The number of carbonyl (C=O) groups excluding carboxylic acids is 2. The number of amides is 2. The van der Waals surface area contributed by atoms with Gasteiger partial charge in [-0.2, -0.15) is 5.10 Å². The van der Waals surface area contributed by atoms with E-state index in [-0.39, 0.29) is 28.6 Å². The summed E-state index contributed by atoms with van der Waals surface area (Å²) in [5.74, 6) is -0.319. The van der Waals surface area contributed by atoms with Crippen LogP contribution in [0.3, 0.4) is 0 Å². The van der Waals surface area contributed by atoms with E-state index in [0.29, 0.717) is 24.3 Å². The summed E-state index contributed by atoms with van der Waals surface area (Å²) < 4.78 is 26.9. The van der Waals surface area contributed by atoms with Crippen molar-refractivity contribution in [3.8, 4) is 0 Å². The van der Waals surface area contributed by atoms with E-state index >= 15 is 0 Å². The Balaban J connectivity index is 1.67. The van der Waals surface area contributed by atoms with Crippen molar-refractivity contribution in [2.24, 2.45) is 0 Å². The van der Waals surface area contributed by atoms with Gasteiger partial charge in [0.05, 0.1) is 29.7 Å². The quantitative estimate of drug-likeness (QED) is 0.742. The van der Waals surface area contributed by atoms with Gasteiger partial charge in [0.1, 0.15) is 0 Å². The smallest absolute Gasteiger partial charge is 0.258 e. The Hall–Kier alpha value is -2.59. The molecule has 1 saturated heterocycles. The molecule has 3 rings (SSSR count). The maximum atomic E-state index is 12.6. The number of nitrogens with zero attached hydrogens (tertiary/aromatic N) is 3. The zero-order chi connectivity index (χ0) is 21.2. The number of nitrogens with one attached hydrogen (secondary N) is 2. The molecule has 1 aliphatic rings. The van der Waals surface area contributed by atoms with Gasteiger partial charge in [-0.3, -0.25) is 19.0 Å². The molecule has 2 N–H and O–H groups in total. The summed E-state index contributed by atoms with van der Waals surface area (Å²) in [4.78, 5) is 25.8. The highest BCUT2D eigenvalue weighted by molar-refractivity contribution is 7.92. The minimum absolute atomic E-state index is 0.0650. The first-order valence-corrected chi connectivity index (χ1v) is 11.3. The second-order valence-corrected chi connectivity index (χ2v) is 9.19. The van der Waals surface area contributed by atoms with E-state index in [1.807, 2.05) is 0 Å². The zero-order valence-electron chi connectivity index (χ0n) is 16.1. The molecule has 29 heavy (non-hydrogen) atoms. The van der Waals surface area contributed by atoms with E-state index in [9.17, 15) is 18.0 Å². The average molecular weight is 440 g/mol. The molecule has 1 aromatic heterocycles. The second-order valence-electron chi connectivity index (χ2n) is 7.00. The molecule has 0 unspecified atom stereocenters. The van der Waals surface area contributed by atoms with Gasteiger partial charge in [0.2, 0.25) is 15.9 Å². The number of hydrogen-bond donors (Lipinski definition) is 2. The molecule has 1 aromatic carbocycles. The lowest BCUT2D eigenvalue weighted by atomic mass is 10.1.